The molecule has 0 radical (unpaired) electrons. The first-order valence-electron chi connectivity index (χ1n) is 6.69. The van der Waals surface area contributed by atoms with E-state index >= 15 is 0 Å². The fraction of sp³-hybridized carbons (Fsp3) is 0.429. The first-order chi connectivity index (χ1) is 10.2. The lowest BCUT2D eigenvalue weighted by atomic mass is 10.1. The maximum absolute atomic E-state index is 12.6. The molecule has 2 heterocycles. The third kappa shape index (κ3) is 2.64. The van der Waals surface area contributed by atoms with Gasteiger partial charge in [0.2, 0.25) is 0 Å². The summed E-state index contributed by atoms with van der Waals surface area (Å²) < 4.78 is 16.1. The van der Waals surface area contributed by atoms with Crippen LogP contribution in [0.2, 0.25) is 0 Å². The standard InChI is InChI=1S/C14H15NO6/c16-13(15-4-5-19-11(8-15)14(17)18)9-2-1-3-10-12(9)21-7-6-20-10/h1-3,11H,4-8H2,(H,17,18)/t11-/m1/s1. The molecule has 1 amide bonds. The monoisotopic (exact) mass is 293 g/mol. The first-order valence-corrected chi connectivity index (χ1v) is 6.69. The van der Waals surface area contributed by atoms with Gasteiger partial charge in [0.15, 0.2) is 17.6 Å². The van der Waals surface area contributed by atoms with Gasteiger partial charge in [-0.25, -0.2) is 4.79 Å². The molecule has 0 saturated carbocycles. The summed E-state index contributed by atoms with van der Waals surface area (Å²) in [7, 11) is 0. The van der Waals surface area contributed by atoms with Gasteiger partial charge in [-0.1, -0.05) is 6.07 Å². The predicted octanol–water partition coefficient (Wildman–Crippen LogP) is 0.383. The van der Waals surface area contributed by atoms with Gasteiger partial charge in [-0.05, 0) is 12.1 Å². The van der Waals surface area contributed by atoms with Crippen LogP contribution < -0.4 is 9.47 Å². The number of carbonyl (C=O) groups excluding carboxylic acids is 1. The van der Waals surface area contributed by atoms with Crippen LogP contribution in [0, 0.1) is 0 Å². The topological polar surface area (TPSA) is 85.3 Å². The lowest BCUT2D eigenvalue weighted by Gasteiger charge is -2.31. The van der Waals surface area contributed by atoms with E-state index in [9.17, 15) is 9.59 Å². The molecule has 112 valence electrons. The van der Waals surface area contributed by atoms with Gasteiger partial charge in [0.25, 0.3) is 5.91 Å². The Kier molecular flexibility index (Phi) is 3.66. The van der Waals surface area contributed by atoms with Crippen LogP contribution in [0.4, 0.5) is 0 Å². The van der Waals surface area contributed by atoms with Gasteiger partial charge in [0, 0.05) is 6.54 Å². The van der Waals surface area contributed by atoms with Crippen molar-refractivity contribution in [3.63, 3.8) is 0 Å². The van der Waals surface area contributed by atoms with Crippen molar-refractivity contribution in [2.24, 2.45) is 0 Å². The largest absolute Gasteiger partial charge is 0.486 e. The summed E-state index contributed by atoms with van der Waals surface area (Å²) in [5, 5.41) is 8.99. The van der Waals surface area contributed by atoms with Crippen molar-refractivity contribution in [1.29, 1.82) is 0 Å². The minimum atomic E-state index is -1.07. The summed E-state index contributed by atoms with van der Waals surface area (Å²) in [6.07, 6.45) is -0.987. The Labute approximate surface area is 121 Å². The fourth-order valence-electron chi connectivity index (χ4n) is 2.40. The molecule has 0 aromatic heterocycles. The van der Waals surface area contributed by atoms with Gasteiger partial charge in [-0.2, -0.15) is 0 Å². The maximum atomic E-state index is 12.6. The minimum absolute atomic E-state index is 0.0265. The number of amides is 1. The zero-order chi connectivity index (χ0) is 14.8. The van der Waals surface area contributed by atoms with Crippen LogP contribution in [0.3, 0.4) is 0 Å². The lowest BCUT2D eigenvalue weighted by Crippen LogP contribution is -2.48. The third-order valence-electron chi connectivity index (χ3n) is 3.43. The molecule has 2 aliphatic rings. The lowest BCUT2D eigenvalue weighted by molar-refractivity contribution is -0.154. The summed E-state index contributed by atoms with van der Waals surface area (Å²) in [5.41, 5.74) is 0.387. The summed E-state index contributed by atoms with van der Waals surface area (Å²) in [6, 6.07) is 5.11. The number of carboxylic acids is 1. The number of nitrogens with zero attached hydrogens (tertiary/aromatic N) is 1. The summed E-state index contributed by atoms with van der Waals surface area (Å²) in [6.45, 7) is 1.42. The Balaban J connectivity index is 1.83. The van der Waals surface area contributed by atoms with Gasteiger partial charge in [0.1, 0.15) is 13.2 Å². The fourth-order valence-corrected chi connectivity index (χ4v) is 2.40. The zero-order valence-corrected chi connectivity index (χ0v) is 11.3. The van der Waals surface area contributed by atoms with E-state index in [0.29, 0.717) is 36.8 Å². The summed E-state index contributed by atoms with van der Waals surface area (Å²) in [4.78, 5) is 25.0. The average molecular weight is 293 g/mol. The molecule has 0 unspecified atom stereocenters. The average Bonchev–Trinajstić information content (AvgIpc) is 2.53. The highest BCUT2D eigenvalue weighted by Gasteiger charge is 2.31. The molecule has 7 heteroatoms. The van der Waals surface area contributed by atoms with E-state index in [4.69, 9.17) is 19.3 Å². The van der Waals surface area contributed by atoms with Crippen LogP contribution in [0.15, 0.2) is 18.2 Å². The van der Waals surface area contributed by atoms with E-state index in [2.05, 4.69) is 0 Å². The van der Waals surface area contributed by atoms with Crippen molar-refractivity contribution < 1.29 is 28.9 Å². The van der Waals surface area contributed by atoms with Crippen molar-refractivity contribution in [2.45, 2.75) is 6.10 Å². The molecule has 0 spiro atoms. The SMILES string of the molecule is O=C(O)[C@H]1CN(C(=O)c2cccc3c2OCCO3)CCO1. The van der Waals surface area contributed by atoms with E-state index < -0.39 is 12.1 Å². The van der Waals surface area contributed by atoms with Crippen LogP contribution in [-0.2, 0) is 9.53 Å². The number of carbonyl (C=O) groups is 2. The Morgan fingerprint density at radius 3 is 2.81 bits per heavy atom. The molecule has 21 heavy (non-hydrogen) atoms. The second-order valence-corrected chi connectivity index (χ2v) is 4.78. The maximum Gasteiger partial charge on any atom is 0.334 e. The molecule has 1 atom stereocenters. The van der Waals surface area contributed by atoms with Crippen molar-refractivity contribution in [3.05, 3.63) is 23.8 Å². The number of para-hydroxylation sites is 1. The molecule has 1 aromatic rings. The molecule has 3 rings (SSSR count). The normalized spacial score (nSPS) is 21.0. The second kappa shape index (κ2) is 5.61. The van der Waals surface area contributed by atoms with Crippen LogP contribution >= 0.6 is 0 Å². The minimum Gasteiger partial charge on any atom is -0.486 e. The van der Waals surface area contributed by atoms with Crippen LogP contribution in [0.5, 0.6) is 11.5 Å². The van der Waals surface area contributed by atoms with E-state index in [-0.39, 0.29) is 19.1 Å². The summed E-state index contributed by atoms with van der Waals surface area (Å²) in [5.74, 6) is -0.378. The summed E-state index contributed by atoms with van der Waals surface area (Å²) >= 11 is 0. The van der Waals surface area contributed by atoms with Crippen molar-refractivity contribution in [2.75, 3.05) is 32.9 Å². The van der Waals surface area contributed by atoms with Gasteiger partial charge >= 0.3 is 5.97 Å². The molecule has 7 nitrogen and oxygen atoms in total. The number of hydrogen-bond acceptors (Lipinski definition) is 5. The molecule has 0 bridgehead atoms. The van der Waals surface area contributed by atoms with Gasteiger partial charge in [0.05, 0.1) is 18.7 Å². The highest BCUT2D eigenvalue weighted by molar-refractivity contribution is 5.98. The van der Waals surface area contributed by atoms with Crippen LogP contribution in [-0.4, -0.2) is 60.9 Å². The molecular weight excluding hydrogens is 278 g/mol. The number of aliphatic carboxylic acids is 1. The third-order valence-corrected chi connectivity index (χ3v) is 3.43. The quantitative estimate of drug-likeness (QED) is 0.848. The smallest absolute Gasteiger partial charge is 0.334 e. The van der Waals surface area contributed by atoms with Gasteiger partial charge in [-0.15, -0.1) is 0 Å². The number of carboxylic acid groups (broad SMARTS) is 1. The van der Waals surface area contributed by atoms with Gasteiger partial charge in [-0.3, -0.25) is 4.79 Å². The van der Waals surface area contributed by atoms with E-state index in [0.717, 1.165) is 0 Å². The van der Waals surface area contributed by atoms with E-state index in [1.807, 2.05) is 0 Å². The molecule has 1 saturated heterocycles. The molecular formula is C14H15NO6. The number of ether oxygens (including phenoxy) is 3. The Morgan fingerprint density at radius 1 is 1.19 bits per heavy atom. The highest BCUT2D eigenvalue weighted by atomic mass is 16.6. The number of fused-ring (bicyclic) bond motifs is 1. The first kappa shape index (κ1) is 13.7. The number of morpholine rings is 1. The Morgan fingerprint density at radius 2 is 2.00 bits per heavy atom. The Hall–Kier alpha value is -2.28. The highest BCUT2D eigenvalue weighted by Crippen LogP contribution is 2.34. The number of rotatable bonds is 2. The molecule has 1 aromatic carbocycles. The molecule has 1 N–H and O–H groups in total. The van der Waals surface area contributed by atoms with Gasteiger partial charge < -0.3 is 24.2 Å². The number of hydrogen-bond donors (Lipinski definition) is 1. The van der Waals surface area contributed by atoms with Crippen molar-refractivity contribution >= 4 is 11.9 Å². The van der Waals surface area contributed by atoms with Crippen molar-refractivity contribution in [3.8, 4) is 11.5 Å². The molecule has 1 fully saturated rings. The molecule has 0 aliphatic carbocycles. The predicted molar refractivity (Wildman–Crippen MR) is 70.7 cm³/mol. The van der Waals surface area contributed by atoms with E-state index in [1.165, 1.54) is 4.90 Å². The van der Waals surface area contributed by atoms with Crippen LogP contribution in [0.25, 0.3) is 0 Å². The second-order valence-electron chi connectivity index (χ2n) is 4.78. The van der Waals surface area contributed by atoms with Crippen LogP contribution in [0.1, 0.15) is 10.4 Å². The molecule has 2 aliphatic heterocycles. The number of benzene rings is 1. The zero-order valence-electron chi connectivity index (χ0n) is 11.3. The Bertz CT molecular complexity index is 573. The van der Waals surface area contributed by atoms with E-state index in [1.54, 1.807) is 18.2 Å². The van der Waals surface area contributed by atoms with Crippen molar-refractivity contribution in [1.82, 2.24) is 4.90 Å².